The van der Waals surface area contributed by atoms with E-state index in [0.717, 1.165) is 21.9 Å². The number of nitrogens with zero attached hydrogens (tertiary/aromatic N) is 4. The fourth-order valence-electron chi connectivity index (χ4n) is 3.07. The maximum atomic E-state index is 13.8. The largest absolute Gasteiger partial charge is 0.337 e. The number of aryl methyl sites for hydroxylation is 3. The maximum Gasteiger partial charge on any atom is 0.267 e. The number of halogens is 2. The van der Waals surface area contributed by atoms with E-state index in [2.05, 4.69) is 20.3 Å². The summed E-state index contributed by atoms with van der Waals surface area (Å²) in [4.78, 5) is 17.7. The summed E-state index contributed by atoms with van der Waals surface area (Å²) in [5, 5.41) is 10.6. The van der Waals surface area contributed by atoms with E-state index in [1.807, 2.05) is 13.8 Å². The van der Waals surface area contributed by atoms with Gasteiger partial charge in [0, 0.05) is 18.5 Å². The van der Waals surface area contributed by atoms with Crippen LogP contribution in [0.1, 0.15) is 47.5 Å². The number of aromatic amines is 1. The van der Waals surface area contributed by atoms with E-state index < -0.39 is 24.9 Å². The summed E-state index contributed by atoms with van der Waals surface area (Å²) in [7, 11) is 0. The minimum absolute atomic E-state index is 0.0636. The Balaban J connectivity index is 1.74. The Bertz CT molecular complexity index is 735. The average Bonchev–Trinajstić information content (AvgIpc) is 3.16. The Kier molecular flexibility index (Phi) is 4.10. The van der Waals surface area contributed by atoms with Gasteiger partial charge < -0.3 is 9.42 Å². The van der Waals surface area contributed by atoms with Crippen molar-refractivity contribution in [2.45, 2.75) is 52.0 Å². The molecule has 1 fully saturated rings. The van der Waals surface area contributed by atoms with Crippen molar-refractivity contribution in [1.82, 2.24) is 25.2 Å². The normalized spacial score (nSPS) is 19.9. The molecule has 0 spiro atoms. The van der Waals surface area contributed by atoms with Crippen LogP contribution in [0.3, 0.4) is 0 Å². The van der Waals surface area contributed by atoms with Crippen LogP contribution < -0.4 is 0 Å². The van der Waals surface area contributed by atoms with Gasteiger partial charge >= 0.3 is 0 Å². The van der Waals surface area contributed by atoms with E-state index in [1.165, 1.54) is 0 Å². The van der Waals surface area contributed by atoms with Gasteiger partial charge in [-0.15, -0.1) is 0 Å². The highest BCUT2D eigenvalue weighted by molar-refractivity contribution is 5.77. The Morgan fingerprint density at radius 1 is 1.42 bits per heavy atom. The highest BCUT2D eigenvalue weighted by Crippen LogP contribution is 2.40. The van der Waals surface area contributed by atoms with E-state index in [0.29, 0.717) is 12.2 Å². The molecule has 9 heteroatoms. The third-order valence-electron chi connectivity index (χ3n) is 4.29. The number of alkyl halides is 2. The second-order valence-corrected chi connectivity index (χ2v) is 6.19. The highest BCUT2D eigenvalue weighted by Gasteiger charge is 2.49. The third kappa shape index (κ3) is 3.15. The molecule has 1 amide bonds. The predicted octanol–water partition coefficient (Wildman–Crippen LogP) is 2.26. The lowest BCUT2D eigenvalue weighted by atomic mass is 10.1. The molecule has 1 aliphatic rings. The van der Waals surface area contributed by atoms with Crippen LogP contribution in [0.4, 0.5) is 8.78 Å². The molecule has 0 aliphatic carbocycles. The van der Waals surface area contributed by atoms with Crippen molar-refractivity contribution in [3.8, 4) is 0 Å². The standard InChI is InChI=1S/C15H19F2N5O2/c1-8-11(9(2)20-19-8)4-5-13(23)22-7-15(16,17)6-12(22)14-18-10(3)21-24-14/h12H,4-7H2,1-3H3,(H,19,20)/t12-/m0/s1. The van der Waals surface area contributed by atoms with Gasteiger partial charge in [0.15, 0.2) is 5.82 Å². The zero-order chi connectivity index (χ0) is 17.5. The summed E-state index contributed by atoms with van der Waals surface area (Å²) >= 11 is 0. The Morgan fingerprint density at radius 2 is 2.17 bits per heavy atom. The highest BCUT2D eigenvalue weighted by atomic mass is 19.3. The lowest BCUT2D eigenvalue weighted by Crippen LogP contribution is -2.33. The van der Waals surface area contributed by atoms with Gasteiger partial charge in [-0.1, -0.05) is 5.16 Å². The summed E-state index contributed by atoms with van der Waals surface area (Å²) < 4.78 is 32.7. The number of H-pyrrole nitrogens is 1. The Hall–Kier alpha value is -2.32. The van der Waals surface area contributed by atoms with Crippen molar-refractivity contribution in [2.75, 3.05) is 6.54 Å². The average molecular weight is 339 g/mol. The van der Waals surface area contributed by atoms with Crippen LogP contribution in [0.25, 0.3) is 0 Å². The van der Waals surface area contributed by atoms with Crippen molar-refractivity contribution in [3.63, 3.8) is 0 Å². The van der Waals surface area contributed by atoms with E-state index >= 15 is 0 Å². The summed E-state index contributed by atoms with van der Waals surface area (Å²) in [5.41, 5.74) is 2.65. The van der Waals surface area contributed by atoms with E-state index in [-0.39, 0.29) is 18.2 Å². The van der Waals surface area contributed by atoms with E-state index in [4.69, 9.17) is 4.52 Å². The maximum absolute atomic E-state index is 13.8. The predicted molar refractivity (Wildman–Crippen MR) is 79.4 cm³/mol. The van der Waals surface area contributed by atoms with Gasteiger partial charge in [0.1, 0.15) is 6.04 Å². The number of likely N-dealkylation sites (tertiary alicyclic amines) is 1. The molecule has 2 aromatic rings. The lowest BCUT2D eigenvalue weighted by Gasteiger charge is -2.21. The fraction of sp³-hybridized carbons (Fsp3) is 0.600. The van der Waals surface area contributed by atoms with Crippen molar-refractivity contribution < 1.29 is 18.1 Å². The Morgan fingerprint density at radius 3 is 2.75 bits per heavy atom. The van der Waals surface area contributed by atoms with Crippen molar-refractivity contribution in [3.05, 3.63) is 28.7 Å². The molecule has 1 N–H and O–H groups in total. The number of amides is 1. The molecule has 3 heterocycles. The number of rotatable bonds is 4. The molecule has 0 bridgehead atoms. The number of carbonyl (C=O) groups is 1. The molecule has 2 aromatic heterocycles. The van der Waals surface area contributed by atoms with Gasteiger partial charge in [0.2, 0.25) is 11.8 Å². The number of aromatic nitrogens is 4. The van der Waals surface area contributed by atoms with Crippen LogP contribution in [0.15, 0.2) is 4.52 Å². The molecule has 3 rings (SSSR count). The fourth-order valence-corrected chi connectivity index (χ4v) is 3.07. The first-order chi connectivity index (χ1) is 11.3. The van der Waals surface area contributed by atoms with Crippen LogP contribution in [-0.2, 0) is 11.2 Å². The molecular formula is C15H19F2N5O2. The third-order valence-corrected chi connectivity index (χ3v) is 4.29. The Labute approximate surface area is 137 Å². The number of hydrogen-bond acceptors (Lipinski definition) is 5. The topological polar surface area (TPSA) is 87.9 Å². The smallest absolute Gasteiger partial charge is 0.267 e. The molecule has 0 radical (unpaired) electrons. The van der Waals surface area contributed by atoms with Gasteiger partial charge in [0.05, 0.1) is 12.2 Å². The quantitative estimate of drug-likeness (QED) is 0.923. The van der Waals surface area contributed by atoms with Crippen LogP contribution in [-0.4, -0.2) is 43.6 Å². The molecule has 0 aromatic carbocycles. The zero-order valence-corrected chi connectivity index (χ0v) is 13.8. The molecule has 130 valence electrons. The SMILES string of the molecule is Cc1noc([C@@H]2CC(F)(F)CN2C(=O)CCc2c(C)n[nH]c2C)n1. The van der Waals surface area contributed by atoms with Gasteiger partial charge in [-0.2, -0.15) is 10.1 Å². The van der Waals surface area contributed by atoms with Crippen LogP contribution >= 0.6 is 0 Å². The van der Waals surface area contributed by atoms with Crippen LogP contribution in [0.5, 0.6) is 0 Å². The molecular weight excluding hydrogens is 320 g/mol. The molecule has 0 unspecified atom stereocenters. The molecule has 1 atom stereocenters. The second-order valence-electron chi connectivity index (χ2n) is 6.19. The summed E-state index contributed by atoms with van der Waals surface area (Å²) in [6, 6.07) is -0.875. The van der Waals surface area contributed by atoms with Crippen molar-refractivity contribution in [2.24, 2.45) is 0 Å². The lowest BCUT2D eigenvalue weighted by molar-refractivity contribution is -0.133. The minimum Gasteiger partial charge on any atom is -0.337 e. The number of hydrogen-bond donors (Lipinski definition) is 1. The molecule has 1 aliphatic heterocycles. The molecule has 0 saturated carbocycles. The van der Waals surface area contributed by atoms with Gasteiger partial charge in [-0.05, 0) is 32.8 Å². The number of carbonyl (C=O) groups excluding carboxylic acids is 1. The molecule has 1 saturated heterocycles. The minimum atomic E-state index is -2.95. The second kappa shape index (κ2) is 5.95. The van der Waals surface area contributed by atoms with Crippen LogP contribution in [0.2, 0.25) is 0 Å². The van der Waals surface area contributed by atoms with Gasteiger partial charge in [-0.25, -0.2) is 8.78 Å². The summed E-state index contributed by atoms with van der Waals surface area (Å²) in [5.74, 6) is -2.89. The van der Waals surface area contributed by atoms with Gasteiger partial charge in [-0.3, -0.25) is 9.89 Å². The van der Waals surface area contributed by atoms with Crippen molar-refractivity contribution >= 4 is 5.91 Å². The van der Waals surface area contributed by atoms with Crippen molar-refractivity contribution in [1.29, 1.82) is 0 Å². The molecule has 7 nitrogen and oxygen atoms in total. The first-order valence-corrected chi connectivity index (χ1v) is 7.75. The van der Waals surface area contributed by atoms with E-state index in [1.54, 1.807) is 6.92 Å². The first kappa shape index (κ1) is 16.5. The van der Waals surface area contributed by atoms with Crippen LogP contribution in [0, 0.1) is 20.8 Å². The first-order valence-electron chi connectivity index (χ1n) is 7.75. The monoisotopic (exact) mass is 339 g/mol. The van der Waals surface area contributed by atoms with Gasteiger partial charge in [0.25, 0.3) is 5.92 Å². The molecule has 24 heavy (non-hydrogen) atoms. The summed E-state index contributed by atoms with van der Waals surface area (Å²) in [6.07, 6.45) is 0.0791. The summed E-state index contributed by atoms with van der Waals surface area (Å²) in [6.45, 7) is 4.70. The van der Waals surface area contributed by atoms with E-state index in [9.17, 15) is 13.6 Å². The number of nitrogens with one attached hydrogen (secondary N) is 1. The zero-order valence-electron chi connectivity index (χ0n) is 13.8.